The number of benzene rings is 1. The molecule has 3 heterocycles. The third-order valence-corrected chi connectivity index (χ3v) is 6.14. The van der Waals surface area contributed by atoms with Crippen LogP contribution in [-0.2, 0) is 20.7 Å². The Morgan fingerprint density at radius 1 is 1.15 bits per heavy atom. The van der Waals surface area contributed by atoms with Crippen molar-refractivity contribution in [1.29, 1.82) is 5.26 Å². The Labute approximate surface area is 200 Å². The van der Waals surface area contributed by atoms with Gasteiger partial charge in [-0.2, -0.15) is 5.26 Å². The van der Waals surface area contributed by atoms with Crippen LogP contribution >= 0.6 is 11.3 Å². The summed E-state index contributed by atoms with van der Waals surface area (Å²) < 4.78 is 6.96. The van der Waals surface area contributed by atoms with Crippen LogP contribution in [0.5, 0.6) is 0 Å². The maximum absolute atomic E-state index is 12.6. The van der Waals surface area contributed by atoms with Crippen molar-refractivity contribution >= 4 is 29.0 Å². The minimum Gasteiger partial charge on any atom is -0.455 e. The van der Waals surface area contributed by atoms with Gasteiger partial charge in [0.1, 0.15) is 16.9 Å². The number of esters is 1. The number of amides is 1. The van der Waals surface area contributed by atoms with Crippen molar-refractivity contribution in [3.63, 3.8) is 0 Å². The number of aromatic nitrogens is 3. The van der Waals surface area contributed by atoms with E-state index in [1.54, 1.807) is 11.6 Å². The summed E-state index contributed by atoms with van der Waals surface area (Å²) in [7, 11) is 0. The molecule has 9 heteroatoms. The van der Waals surface area contributed by atoms with E-state index in [0.717, 1.165) is 22.6 Å². The fourth-order valence-electron chi connectivity index (χ4n) is 3.47. The molecule has 0 aliphatic heterocycles. The number of pyridine rings is 1. The van der Waals surface area contributed by atoms with Crippen molar-refractivity contribution < 1.29 is 14.3 Å². The summed E-state index contributed by atoms with van der Waals surface area (Å²) in [5.74, 6) is -0.754. The number of rotatable bonds is 7. The molecule has 34 heavy (non-hydrogen) atoms. The molecule has 3 aromatic heterocycles. The monoisotopic (exact) mass is 471 g/mol. The Morgan fingerprint density at radius 3 is 2.62 bits per heavy atom. The lowest BCUT2D eigenvalue weighted by Gasteiger charge is -2.13. The van der Waals surface area contributed by atoms with E-state index in [4.69, 9.17) is 4.74 Å². The number of nitrogens with zero attached hydrogens (tertiary/aromatic N) is 4. The number of para-hydroxylation sites is 1. The molecule has 0 unspecified atom stereocenters. The lowest BCUT2D eigenvalue weighted by molar-refractivity contribution is -0.146. The molecule has 170 valence electrons. The normalized spacial score (nSPS) is 10.5. The van der Waals surface area contributed by atoms with Crippen molar-refractivity contribution in [2.24, 2.45) is 0 Å². The summed E-state index contributed by atoms with van der Waals surface area (Å²) in [5, 5.41) is 14.9. The summed E-state index contributed by atoms with van der Waals surface area (Å²) in [4.78, 5) is 33.5. The van der Waals surface area contributed by atoms with Crippen LogP contribution in [0.4, 0.5) is 5.82 Å². The Morgan fingerprint density at radius 2 is 1.91 bits per heavy atom. The molecule has 0 bridgehead atoms. The van der Waals surface area contributed by atoms with Gasteiger partial charge in [-0.1, -0.05) is 24.3 Å². The van der Waals surface area contributed by atoms with Crippen LogP contribution in [0.25, 0.3) is 16.4 Å². The van der Waals surface area contributed by atoms with E-state index in [2.05, 4.69) is 21.4 Å². The minimum atomic E-state index is -0.570. The second kappa shape index (κ2) is 10.1. The van der Waals surface area contributed by atoms with Gasteiger partial charge in [-0.3, -0.25) is 19.1 Å². The predicted octanol–water partition coefficient (Wildman–Crippen LogP) is 4.21. The standard InChI is InChI=1S/C25H21N5O3S/c1-16-17(2)30(19-8-4-3-5-9-19)24(20(16)13-26)29-22(31)14-33-23(32)12-18-15-34-25(28-18)21-10-6-7-11-27-21/h3-11,15H,12,14H2,1-2H3,(H,29,31). The first-order valence-electron chi connectivity index (χ1n) is 10.5. The van der Waals surface area contributed by atoms with Crippen LogP contribution in [0.1, 0.15) is 22.5 Å². The van der Waals surface area contributed by atoms with Crippen molar-refractivity contribution in [2.45, 2.75) is 20.3 Å². The topological polar surface area (TPSA) is 110 Å². The zero-order valence-corrected chi connectivity index (χ0v) is 19.4. The SMILES string of the molecule is Cc1c(C#N)c(NC(=O)COC(=O)Cc2csc(-c3ccccn3)n2)n(-c2ccccc2)c1C. The Kier molecular flexibility index (Phi) is 6.80. The third-order valence-electron chi connectivity index (χ3n) is 5.22. The van der Waals surface area contributed by atoms with E-state index in [-0.39, 0.29) is 6.42 Å². The predicted molar refractivity (Wildman–Crippen MR) is 129 cm³/mol. The molecule has 0 saturated carbocycles. The maximum Gasteiger partial charge on any atom is 0.312 e. The van der Waals surface area contributed by atoms with Crippen molar-refractivity contribution in [3.05, 3.63) is 82.6 Å². The molecule has 0 fully saturated rings. The van der Waals surface area contributed by atoms with Crippen LogP contribution in [-0.4, -0.2) is 33.0 Å². The summed E-state index contributed by atoms with van der Waals surface area (Å²) in [5.41, 5.74) is 4.06. The van der Waals surface area contributed by atoms with E-state index in [1.165, 1.54) is 11.3 Å². The molecular formula is C25H21N5O3S. The molecule has 1 N–H and O–H groups in total. The second-order valence-corrected chi connectivity index (χ2v) is 8.32. The second-order valence-electron chi connectivity index (χ2n) is 7.46. The first kappa shape index (κ1) is 22.9. The highest BCUT2D eigenvalue weighted by atomic mass is 32.1. The maximum atomic E-state index is 12.6. The van der Waals surface area contributed by atoms with E-state index in [1.807, 2.05) is 66.9 Å². The number of ether oxygens (including phenoxy) is 1. The Hall–Kier alpha value is -4.29. The molecule has 0 spiro atoms. The number of anilines is 1. The van der Waals surface area contributed by atoms with Crippen molar-refractivity contribution in [3.8, 4) is 22.5 Å². The number of carbonyl (C=O) groups is 2. The van der Waals surface area contributed by atoms with E-state index < -0.39 is 18.5 Å². The number of hydrogen-bond acceptors (Lipinski definition) is 7. The summed E-state index contributed by atoms with van der Waals surface area (Å²) in [6.45, 7) is 3.24. The van der Waals surface area contributed by atoms with Gasteiger partial charge in [0.25, 0.3) is 5.91 Å². The van der Waals surface area contributed by atoms with Crippen LogP contribution in [0.15, 0.2) is 60.1 Å². The van der Waals surface area contributed by atoms with Crippen molar-refractivity contribution in [2.75, 3.05) is 11.9 Å². The highest BCUT2D eigenvalue weighted by Crippen LogP contribution is 2.30. The van der Waals surface area contributed by atoms with Gasteiger partial charge in [0, 0.05) is 23.0 Å². The van der Waals surface area contributed by atoms with Gasteiger partial charge in [-0.25, -0.2) is 4.98 Å². The van der Waals surface area contributed by atoms with Crippen LogP contribution in [0.3, 0.4) is 0 Å². The zero-order valence-electron chi connectivity index (χ0n) is 18.6. The quantitative estimate of drug-likeness (QED) is 0.404. The Balaban J connectivity index is 1.41. The molecule has 8 nitrogen and oxygen atoms in total. The first-order valence-corrected chi connectivity index (χ1v) is 11.3. The molecule has 4 aromatic rings. The van der Waals surface area contributed by atoms with E-state index in [0.29, 0.717) is 22.1 Å². The van der Waals surface area contributed by atoms with E-state index in [9.17, 15) is 14.9 Å². The summed E-state index contributed by atoms with van der Waals surface area (Å²) >= 11 is 1.38. The van der Waals surface area contributed by atoms with Crippen molar-refractivity contribution in [1.82, 2.24) is 14.5 Å². The lowest BCUT2D eigenvalue weighted by atomic mass is 10.2. The van der Waals surface area contributed by atoms with Crippen LogP contribution in [0, 0.1) is 25.2 Å². The number of hydrogen-bond donors (Lipinski definition) is 1. The first-order chi connectivity index (χ1) is 16.5. The van der Waals surface area contributed by atoms with Gasteiger partial charge in [-0.05, 0) is 43.7 Å². The van der Waals surface area contributed by atoms with Gasteiger partial charge in [0.15, 0.2) is 6.61 Å². The van der Waals surface area contributed by atoms with Gasteiger partial charge in [-0.15, -0.1) is 11.3 Å². The largest absolute Gasteiger partial charge is 0.455 e. The Bertz CT molecular complexity index is 1370. The van der Waals surface area contributed by atoms with E-state index >= 15 is 0 Å². The number of nitrogens with one attached hydrogen (secondary N) is 1. The van der Waals surface area contributed by atoms with Gasteiger partial charge in [0.2, 0.25) is 0 Å². The third kappa shape index (κ3) is 4.87. The number of nitriles is 1. The fraction of sp³-hybridized carbons (Fsp3) is 0.160. The minimum absolute atomic E-state index is 0.0569. The number of carbonyl (C=O) groups excluding carboxylic acids is 2. The highest BCUT2D eigenvalue weighted by Gasteiger charge is 2.21. The molecule has 0 saturated heterocycles. The van der Waals surface area contributed by atoms with Gasteiger partial charge < -0.3 is 10.1 Å². The molecular weight excluding hydrogens is 450 g/mol. The molecule has 0 atom stereocenters. The average Bonchev–Trinajstić information content (AvgIpc) is 3.41. The fourth-order valence-corrected chi connectivity index (χ4v) is 4.26. The van der Waals surface area contributed by atoms with Gasteiger partial charge in [0.05, 0.1) is 23.4 Å². The molecule has 0 radical (unpaired) electrons. The molecule has 1 amide bonds. The molecule has 1 aromatic carbocycles. The van der Waals surface area contributed by atoms with Crippen LogP contribution < -0.4 is 5.32 Å². The molecule has 4 rings (SSSR count). The lowest BCUT2D eigenvalue weighted by Crippen LogP contribution is -2.23. The highest BCUT2D eigenvalue weighted by molar-refractivity contribution is 7.13. The number of thiazole rings is 1. The van der Waals surface area contributed by atoms with Crippen LogP contribution in [0.2, 0.25) is 0 Å². The summed E-state index contributed by atoms with van der Waals surface area (Å²) in [6, 6.07) is 17.1. The molecule has 0 aliphatic rings. The molecule has 0 aliphatic carbocycles. The van der Waals surface area contributed by atoms with Gasteiger partial charge >= 0.3 is 5.97 Å². The zero-order chi connectivity index (χ0) is 24.1. The smallest absolute Gasteiger partial charge is 0.312 e. The summed E-state index contributed by atoms with van der Waals surface area (Å²) in [6.07, 6.45) is 1.62. The average molecular weight is 472 g/mol.